The Morgan fingerprint density at radius 3 is 2.24 bits per heavy atom. The van der Waals surface area contributed by atoms with Crippen molar-refractivity contribution in [3.8, 4) is 5.75 Å². The Bertz CT molecular complexity index is 674. The maximum Gasteiger partial charge on any atom is 0.120 e. The van der Waals surface area contributed by atoms with Crippen molar-refractivity contribution < 1.29 is 4.74 Å². The second-order valence-electron chi connectivity index (χ2n) is 5.17. The molecule has 0 unspecified atom stereocenters. The van der Waals surface area contributed by atoms with Gasteiger partial charge in [0.15, 0.2) is 0 Å². The highest BCUT2D eigenvalue weighted by Gasteiger charge is 2.06. The summed E-state index contributed by atoms with van der Waals surface area (Å²) in [6.07, 6.45) is 0. The van der Waals surface area contributed by atoms with Gasteiger partial charge >= 0.3 is 0 Å². The van der Waals surface area contributed by atoms with Crippen LogP contribution in [0.5, 0.6) is 5.75 Å². The molecule has 2 rings (SSSR count). The van der Waals surface area contributed by atoms with Gasteiger partial charge < -0.3 is 10.5 Å². The van der Waals surface area contributed by atoms with Crippen LogP contribution in [0.15, 0.2) is 30.3 Å². The van der Waals surface area contributed by atoms with E-state index in [9.17, 15) is 0 Å². The average molecular weight is 320 g/mol. The van der Waals surface area contributed by atoms with Gasteiger partial charge in [0.2, 0.25) is 0 Å². The van der Waals surface area contributed by atoms with Crippen molar-refractivity contribution in [3.63, 3.8) is 0 Å². The van der Waals surface area contributed by atoms with E-state index in [0.717, 1.165) is 38.6 Å². The first-order chi connectivity index (χ1) is 9.88. The minimum Gasteiger partial charge on any atom is -0.489 e. The molecule has 0 saturated heterocycles. The summed E-state index contributed by atoms with van der Waals surface area (Å²) in [7, 11) is 0. The topological polar surface area (TPSA) is 35.2 Å². The summed E-state index contributed by atoms with van der Waals surface area (Å²) in [6, 6.07) is 9.81. The number of nitrogens with two attached hydrogens (primary N) is 1. The molecule has 0 aliphatic heterocycles. The Morgan fingerprint density at radius 1 is 1.10 bits per heavy atom. The number of hydrogen-bond donors (Lipinski definition) is 1. The molecule has 0 atom stereocenters. The van der Waals surface area contributed by atoms with Crippen LogP contribution in [0.25, 0.3) is 0 Å². The van der Waals surface area contributed by atoms with Gasteiger partial charge in [-0.3, -0.25) is 0 Å². The quantitative estimate of drug-likeness (QED) is 0.844. The molecule has 2 aromatic rings. The molecule has 2 aromatic carbocycles. The molecule has 0 spiro atoms. The predicted octanol–water partition coefficient (Wildman–Crippen LogP) is 4.48. The molecule has 0 aliphatic rings. The number of thiocarbonyl (C=S) groups is 1. The van der Waals surface area contributed by atoms with Crippen LogP contribution in [0, 0.1) is 20.8 Å². The summed E-state index contributed by atoms with van der Waals surface area (Å²) in [5.41, 5.74) is 10.8. The van der Waals surface area contributed by atoms with E-state index in [1.165, 1.54) is 0 Å². The van der Waals surface area contributed by atoms with Gasteiger partial charge in [-0.25, -0.2) is 0 Å². The maximum absolute atomic E-state index is 6.16. The van der Waals surface area contributed by atoms with E-state index in [-0.39, 0.29) is 0 Å². The number of ether oxygens (including phenoxy) is 1. The van der Waals surface area contributed by atoms with Gasteiger partial charge in [-0.15, -0.1) is 0 Å². The molecule has 0 fully saturated rings. The number of halogens is 1. The van der Waals surface area contributed by atoms with E-state index in [1.807, 2.05) is 51.1 Å². The van der Waals surface area contributed by atoms with Crippen LogP contribution in [-0.2, 0) is 6.61 Å². The van der Waals surface area contributed by atoms with Crippen LogP contribution in [-0.4, -0.2) is 4.99 Å². The largest absolute Gasteiger partial charge is 0.489 e. The lowest BCUT2D eigenvalue weighted by molar-refractivity contribution is 0.305. The summed E-state index contributed by atoms with van der Waals surface area (Å²) in [5.74, 6) is 0.826. The fourth-order valence-corrected chi connectivity index (χ4v) is 2.40. The molecule has 0 bridgehead atoms. The molecule has 110 valence electrons. The molecule has 0 aliphatic carbocycles. The first-order valence-corrected chi connectivity index (χ1v) is 7.46. The van der Waals surface area contributed by atoms with Gasteiger partial charge in [-0.1, -0.05) is 36.0 Å². The monoisotopic (exact) mass is 319 g/mol. The minimum atomic E-state index is 0.412. The van der Waals surface area contributed by atoms with Crippen LogP contribution < -0.4 is 10.5 Å². The maximum atomic E-state index is 6.16. The zero-order valence-electron chi connectivity index (χ0n) is 12.4. The smallest absolute Gasteiger partial charge is 0.120 e. The Labute approximate surface area is 135 Å². The SMILES string of the molecule is Cc1cc(C(N)=S)ccc1COc1cc(C)c(Cl)c(C)c1. The second-order valence-corrected chi connectivity index (χ2v) is 5.98. The Kier molecular flexibility index (Phi) is 4.86. The van der Waals surface area contributed by atoms with E-state index in [4.69, 9.17) is 34.3 Å². The number of benzene rings is 2. The lowest BCUT2D eigenvalue weighted by Crippen LogP contribution is -2.10. The fraction of sp³-hybridized carbons (Fsp3) is 0.235. The van der Waals surface area contributed by atoms with E-state index in [0.29, 0.717) is 11.6 Å². The molecule has 0 saturated carbocycles. The van der Waals surface area contributed by atoms with Gasteiger partial charge in [0.05, 0.1) is 0 Å². The summed E-state index contributed by atoms with van der Waals surface area (Å²) in [6.45, 7) is 6.48. The zero-order chi connectivity index (χ0) is 15.6. The normalized spacial score (nSPS) is 10.5. The number of hydrogen-bond acceptors (Lipinski definition) is 2. The predicted molar refractivity (Wildman–Crippen MR) is 92.3 cm³/mol. The first kappa shape index (κ1) is 15.8. The number of rotatable bonds is 4. The van der Waals surface area contributed by atoms with Crippen molar-refractivity contribution in [2.24, 2.45) is 5.73 Å². The molecule has 0 aromatic heterocycles. The molecule has 4 heteroatoms. The van der Waals surface area contributed by atoms with Gasteiger partial charge in [-0.05, 0) is 61.2 Å². The highest BCUT2D eigenvalue weighted by molar-refractivity contribution is 7.80. The third-order valence-electron chi connectivity index (χ3n) is 3.43. The molecule has 0 radical (unpaired) electrons. The second kappa shape index (κ2) is 6.46. The van der Waals surface area contributed by atoms with E-state index < -0.39 is 0 Å². The fourth-order valence-electron chi connectivity index (χ4n) is 2.16. The van der Waals surface area contributed by atoms with Crippen LogP contribution in [0.3, 0.4) is 0 Å². The van der Waals surface area contributed by atoms with Crippen molar-refractivity contribution in [2.75, 3.05) is 0 Å². The Hall–Kier alpha value is -1.58. The molecule has 21 heavy (non-hydrogen) atoms. The van der Waals surface area contributed by atoms with E-state index in [2.05, 4.69) is 0 Å². The summed E-state index contributed by atoms with van der Waals surface area (Å²) >= 11 is 11.1. The molecular formula is C17H18ClNOS. The zero-order valence-corrected chi connectivity index (χ0v) is 13.9. The Balaban J connectivity index is 2.15. The highest BCUT2D eigenvalue weighted by Crippen LogP contribution is 2.26. The van der Waals surface area contributed by atoms with Gasteiger partial charge in [-0.2, -0.15) is 0 Å². The van der Waals surface area contributed by atoms with E-state index in [1.54, 1.807) is 0 Å². The van der Waals surface area contributed by atoms with Crippen molar-refractivity contribution in [2.45, 2.75) is 27.4 Å². The van der Waals surface area contributed by atoms with Crippen molar-refractivity contribution in [1.82, 2.24) is 0 Å². The van der Waals surface area contributed by atoms with Gasteiger partial charge in [0.25, 0.3) is 0 Å². The lowest BCUT2D eigenvalue weighted by atomic mass is 10.1. The summed E-state index contributed by atoms with van der Waals surface area (Å²) in [4.78, 5) is 0.412. The van der Waals surface area contributed by atoms with Gasteiger partial charge in [0.1, 0.15) is 17.3 Å². The lowest BCUT2D eigenvalue weighted by Gasteiger charge is -2.12. The third kappa shape index (κ3) is 3.74. The van der Waals surface area contributed by atoms with E-state index >= 15 is 0 Å². The van der Waals surface area contributed by atoms with Crippen molar-refractivity contribution >= 4 is 28.8 Å². The standard InChI is InChI=1S/C17H18ClNOS/c1-10-6-13(17(19)21)4-5-14(10)9-20-15-7-11(2)16(18)12(3)8-15/h4-8H,9H2,1-3H3,(H2,19,21). The number of aryl methyl sites for hydroxylation is 3. The van der Waals surface area contributed by atoms with Crippen LogP contribution in [0.1, 0.15) is 27.8 Å². The van der Waals surface area contributed by atoms with Crippen LogP contribution in [0.2, 0.25) is 5.02 Å². The molecule has 2 nitrogen and oxygen atoms in total. The summed E-state index contributed by atoms with van der Waals surface area (Å²) in [5, 5.41) is 0.791. The molecular weight excluding hydrogens is 302 g/mol. The van der Waals surface area contributed by atoms with Crippen molar-refractivity contribution in [3.05, 3.63) is 63.2 Å². The third-order valence-corrected chi connectivity index (χ3v) is 4.26. The van der Waals surface area contributed by atoms with Gasteiger partial charge in [0, 0.05) is 10.6 Å². The molecule has 2 N–H and O–H groups in total. The first-order valence-electron chi connectivity index (χ1n) is 6.67. The molecule has 0 amide bonds. The molecule has 0 heterocycles. The van der Waals surface area contributed by atoms with Crippen molar-refractivity contribution in [1.29, 1.82) is 0 Å². The highest BCUT2D eigenvalue weighted by atomic mass is 35.5. The minimum absolute atomic E-state index is 0.412. The van der Waals surface area contributed by atoms with Crippen LogP contribution >= 0.6 is 23.8 Å². The van der Waals surface area contributed by atoms with Crippen LogP contribution in [0.4, 0.5) is 0 Å². The average Bonchev–Trinajstić information content (AvgIpc) is 2.43. The Morgan fingerprint density at radius 2 is 1.71 bits per heavy atom. The summed E-state index contributed by atoms with van der Waals surface area (Å²) < 4.78 is 5.87.